The molecule has 0 aromatic rings. The Morgan fingerprint density at radius 2 is 1.79 bits per heavy atom. The van der Waals surface area contributed by atoms with Crippen LogP contribution in [0, 0.1) is 5.41 Å². The second-order valence-corrected chi connectivity index (χ2v) is 6.15. The molecule has 2 unspecified atom stereocenters. The highest BCUT2D eigenvalue weighted by molar-refractivity contribution is 5.82. The van der Waals surface area contributed by atoms with Crippen LogP contribution in [0.25, 0.3) is 0 Å². The van der Waals surface area contributed by atoms with Crippen molar-refractivity contribution in [1.82, 2.24) is 9.80 Å². The molecule has 0 aliphatic carbocycles. The molecule has 0 radical (unpaired) electrons. The van der Waals surface area contributed by atoms with Gasteiger partial charge < -0.3 is 10.0 Å². The lowest BCUT2D eigenvalue weighted by molar-refractivity contribution is -0.148. The Labute approximate surface area is 114 Å². The van der Waals surface area contributed by atoms with Crippen LogP contribution in [0.2, 0.25) is 0 Å². The van der Waals surface area contributed by atoms with Crippen LogP contribution >= 0.6 is 0 Å². The highest BCUT2D eigenvalue weighted by atomic mass is 16.4. The molecule has 19 heavy (non-hydrogen) atoms. The highest BCUT2D eigenvalue weighted by Gasteiger charge is 2.43. The molecule has 2 aliphatic rings. The zero-order chi connectivity index (χ0) is 14.0. The van der Waals surface area contributed by atoms with Gasteiger partial charge in [0.15, 0.2) is 0 Å². The lowest BCUT2D eigenvalue weighted by Crippen LogP contribution is -2.48. The van der Waals surface area contributed by atoms with E-state index in [0.29, 0.717) is 19.5 Å². The Morgan fingerprint density at radius 1 is 1.16 bits per heavy atom. The first-order valence-electron chi connectivity index (χ1n) is 7.20. The van der Waals surface area contributed by atoms with Crippen molar-refractivity contribution in [3.63, 3.8) is 0 Å². The SMILES string of the molecule is CC(C(=O)N1CCCCC1)N1CCC(C)(C(=O)O)C1. The van der Waals surface area contributed by atoms with E-state index in [4.69, 9.17) is 0 Å². The van der Waals surface area contributed by atoms with E-state index >= 15 is 0 Å². The van der Waals surface area contributed by atoms with Gasteiger partial charge in [-0.05, 0) is 39.5 Å². The van der Waals surface area contributed by atoms with Crippen LogP contribution in [0.5, 0.6) is 0 Å². The Hall–Kier alpha value is -1.10. The molecule has 2 fully saturated rings. The van der Waals surface area contributed by atoms with Gasteiger partial charge in [-0.15, -0.1) is 0 Å². The van der Waals surface area contributed by atoms with Crippen molar-refractivity contribution in [3.8, 4) is 0 Å². The van der Waals surface area contributed by atoms with Crippen molar-refractivity contribution < 1.29 is 14.7 Å². The summed E-state index contributed by atoms with van der Waals surface area (Å²) in [7, 11) is 0. The first-order valence-corrected chi connectivity index (χ1v) is 7.20. The Bertz CT molecular complexity index is 366. The quantitative estimate of drug-likeness (QED) is 0.835. The predicted molar refractivity (Wildman–Crippen MR) is 71.8 cm³/mol. The number of carbonyl (C=O) groups is 2. The second-order valence-electron chi connectivity index (χ2n) is 6.15. The van der Waals surface area contributed by atoms with Crippen LogP contribution in [0.3, 0.4) is 0 Å². The number of piperidine rings is 1. The summed E-state index contributed by atoms with van der Waals surface area (Å²) < 4.78 is 0. The van der Waals surface area contributed by atoms with Gasteiger partial charge in [-0.25, -0.2) is 0 Å². The number of aliphatic carboxylic acids is 1. The number of hydrogen-bond acceptors (Lipinski definition) is 3. The van der Waals surface area contributed by atoms with Crippen molar-refractivity contribution in [1.29, 1.82) is 0 Å². The monoisotopic (exact) mass is 268 g/mol. The zero-order valence-electron chi connectivity index (χ0n) is 11.9. The van der Waals surface area contributed by atoms with Crippen LogP contribution in [-0.2, 0) is 9.59 Å². The molecule has 0 aromatic heterocycles. The number of rotatable bonds is 3. The van der Waals surface area contributed by atoms with Crippen molar-refractivity contribution in [3.05, 3.63) is 0 Å². The molecule has 1 amide bonds. The van der Waals surface area contributed by atoms with E-state index in [1.807, 2.05) is 16.7 Å². The van der Waals surface area contributed by atoms with Crippen molar-refractivity contribution in [2.75, 3.05) is 26.2 Å². The molecule has 2 atom stereocenters. The molecule has 2 rings (SSSR count). The van der Waals surface area contributed by atoms with Gasteiger partial charge in [0.2, 0.25) is 5.91 Å². The predicted octanol–water partition coefficient (Wildman–Crippen LogP) is 1.18. The summed E-state index contributed by atoms with van der Waals surface area (Å²) in [5, 5.41) is 9.24. The highest BCUT2D eigenvalue weighted by Crippen LogP contribution is 2.31. The fourth-order valence-electron chi connectivity index (χ4n) is 3.04. The largest absolute Gasteiger partial charge is 0.481 e. The van der Waals surface area contributed by atoms with Crippen LogP contribution < -0.4 is 0 Å². The first kappa shape index (κ1) is 14.3. The van der Waals surface area contributed by atoms with Crippen molar-refractivity contribution in [2.24, 2.45) is 5.41 Å². The van der Waals surface area contributed by atoms with Gasteiger partial charge in [-0.3, -0.25) is 14.5 Å². The maximum absolute atomic E-state index is 12.4. The van der Waals surface area contributed by atoms with E-state index in [1.165, 1.54) is 6.42 Å². The molecule has 1 N–H and O–H groups in total. The van der Waals surface area contributed by atoms with E-state index in [1.54, 1.807) is 6.92 Å². The van der Waals surface area contributed by atoms with E-state index in [9.17, 15) is 14.7 Å². The van der Waals surface area contributed by atoms with Gasteiger partial charge in [0.05, 0.1) is 11.5 Å². The lowest BCUT2D eigenvalue weighted by atomic mass is 9.90. The average Bonchev–Trinajstić information content (AvgIpc) is 2.82. The van der Waals surface area contributed by atoms with Gasteiger partial charge in [0.1, 0.15) is 0 Å². The van der Waals surface area contributed by atoms with E-state index < -0.39 is 11.4 Å². The molecule has 5 heteroatoms. The maximum Gasteiger partial charge on any atom is 0.310 e. The molecular formula is C14H24N2O3. The molecule has 0 bridgehead atoms. The standard InChI is InChI=1S/C14H24N2O3/c1-11(12(17)15-7-4-3-5-8-15)16-9-6-14(2,10-16)13(18)19/h11H,3-10H2,1-2H3,(H,18,19). The van der Waals surface area contributed by atoms with Gasteiger partial charge in [0.25, 0.3) is 0 Å². The minimum Gasteiger partial charge on any atom is -0.481 e. The Balaban J connectivity index is 1.95. The molecule has 108 valence electrons. The number of nitrogens with zero attached hydrogens (tertiary/aromatic N) is 2. The normalized spacial score (nSPS) is 30.3. The average molecular weight is 268 g/mol. The third kappa shape index (κ3) is 2.91. The third-order valence-electron chi connectivity index (χ3n) is 4.59. The fourth-order valence-corrected chi connectivity index (χ4v) is 3.04. The van der Waals surface area contributed by atoms with Crippen LogP contribution in [0.15, 0.2) is 0 Å². The van der Waals surface area contributed by atoms with Crippen molar-refractivity contribution in [2.45, 2.75) is 45.6 Å². The summed E-state index contributed by atoms with van der Waals surface area (Å²) in [6, 6.07) is -0.195. The number of carbonyl (C=O) groups excluding carboxylic acids is 1. The maximum atomic E-state index is 12.4. The number of carboxylic acid groups (broad SMARTS) is 1. The molecule has 2 heterocycles. The van der Waals surface area contributed by atoms with E-state index in [2.05, 4.69) is 0 Å². The molecule has 0 spiro atoms. The fraction of sp³-hybridized carbons (Fsp3) is 0.857. The van der Waals surface area contributed by atoms with E-state index in [-0.39, 0.29) is 11.9 Å². The molecule has 0 aromatic carbocycles. The summed E-state index contributed by atoms with van der Waals surface area (Å²) in [6.07, 6.45) is 4.01. The zero-order valence-corrected chi connectivity index (χ0v) is 11.9. The smallest absolute Gasteiger partial charge is 0.310 e. The lowest BCUT2D eigenvalue weighted by Gasteiger charge is -2.33. The van der Waals surface area contributed by atoms with Crippen LogP contribution in [-0.4, -0.2) is 59.0 Å². The molecule has 5 nitrogen and oxygen atoms in total. The Kier molecular flexibility index (Phi) is 4.13. The number of hydrogen-bond donors (Lipinski definition) is 1. The number of likely N-dealkylation sites (tertiary alicyclic amines) is 2. The summed E-state index contributed by atoms with van der Waals surface area (Å²) >= 11 is 0. The third-order valence-corrected chi connectivity index (χ3v) is 4.59. The molecule has 0 saturated carbocycles. The van der Waals surface area contributed by atoms with Crippen molar-refractivity contribution >= 4 is 11.9 Å². The van der Waals surface area contributed by atoms with Gasteiger partial charge in [-0.2, -0.15) is 0 Å². The Morgan fingerprint density at radius 3 is 2.32 bits per heavy atom. The van der Waals surface area contributed by atoms with Gasteiger partial charge in [-0.1, -0.05) is 0 Å². The van der Waals surface area contributed by atoms with Gasteiger partial charge >= 0.3 is 5.97 Å². The molecule has 2 saturated heterocycles. The molecular weight excluding hydrogens is 244 g/mol. The summed E-state index contributed by atoms with van der Waals surface area (Å²) in [5.74, 6) is -0.595. The number of carboxylic acids is 1. The summed E-state index contributed by atoms with van der Waals surface area (Å²) in [6.45, 7) is 6.56. The van der Waals surface area contributed by atoms with Crippen LogP contribution in [0.4, 0.5) is 0 Å². The minimum absolute atomic E-state index is 0.161. The second kappa shape index (κ2) is 5.49. The van der Waals surface area contributed by atoms with Crippen LogP contribution in [0.1, 0.15) is 39.5 Å². The molecule has 2 aliphatic heterocycles. The van der Waals surface area contributed by atoms with Gasteiger partial charge in [0, 0.05) is 26.2 Å². The van der Waals surface area contributed by atoms with E-state index in [0.717, 1.165) is 25.9 Å². The number of amides is 1. The topological polar surface area (TPSA) is 60.9 Å². The minimum atomic E-state index is -0.757. The first-order chi connectivity index (χ1) is 8.94. The summed E-state index contributed by atoms with van der Waals surface area (Å²) in [5.41, 5.74) is -0.698. The summed E-state index contributed by atoms with van der Waals surface area (Å²) in [4.78, 5) is 27.6.